The minimum absolute atomic E-state index is 0.256. The van der Waals surface area contributed by atoms with Gasteiger partial charge in [0.1, 0.15) is 17.4 Å². The molecule has 3 rings (SSSR count). The largest absolute Gasteiger partial charge is 0.439 e. The standard InChI is InChI=1S/C18H14F2N2OS/c1-12-9-17(23-15-7-4-6-14(19)10-15)22-18(21-12)24-11-13-5-2-3-8-16(13)20/h2-10H,11H2,1H3. The summed E-state index contributed by atoms with van der Waals surface area (Å²) in [5.41, 5.74) is 1.30. The normalized spacial score (nSPS) is 10.6. The minimum atomic E-state index is -0.382. The van der Waals surface area contributed by atoms with Crippen molar-refractivity contribution < 1.29 is 13.5 Å². The van der Waals surface area contributed by atoms with Gasteiger partial charge in [0, 0.05) is 23.6 Å². The van der Waals surface area contributed by atoms with E-state index in [4.69, 9.17) is 4.74 Å². The molecule has 0 amide bonds. The number of hydrogen-bond donors (Lipinski definition) is 0. The predicted octanol–water partition coefficient (Wildman–Crippen LogP) is 5.15. The summed E-state index contributed by atoms with van der Waals surface area (Å²) >= 11 is 1.31. The number of rotatable bonds is 5. The second kappa shape index (κ2) is 7.40. The lowest BCUT2D eigenvalue weighted by Crippen LogP contribution is -1.96. The molecule has 3 nitrogen and oxygen atoms in total. The lowest BCUT2D eigenvalue weighted by Gasteiger charge is -2.08. The van der Waals surface area contributed by atoms with Gasteiger partial charge in [0.15, 0.2) is 5.16 Å². The van der Waals surface area contributed by atoms with Crippen LogP contribution in [0, 0.1) is 18.6 Å². The fraction of sp³-hybridized carbons (Fsp3) is 0.111. The Bertz CT molecular complexity index is 858. The van der Waals surface area contributed by atoms with Gasteiger partial charge < -0.3 is 4.74 Å². The third-order valence-electron chi connectivity index (χ3n) is 3.14. The average Bonchev–Trinajstić information content (AvgIpc) is 2.53. The zero-order chi connectivity index (χ0) is 16.9. The number of halogens is 2. The molecule has 1 aromatic heterocycles. The molecule has 0 unspecified atom stereocenters. The van der Waals surface area contributed by atoms with Crippen molar-refractivity contribution in [1.29, 1.82) is 0 Å². The fourth-order valence-corrected chi connectivity index (χ4v) is 2.92. The SMILES string of the molecule is Cc1cc(Oc2cccc(F)c2)nc(SCc2ccccc2F)n1. The number of aromatic nitrogens is 2. The molecule has 0 radical (unpaired) electrons. The summed E-state index contributed by atoms with van der Waals surface area (Å²) in [7, 11) is 0. The highest BCUT2D eigenvalue weighted by Crippen LogP contribution is 2.26. The molecule has 0 saturated heterocycles. The molecule has 0 bridgehead atoms. The number of aryl methyl sites for hydroxylation is 1. The summed E-state index contributed by atoms with van der Waals surface area (Å²) in [5.74, 6) is 0.457. The van der Waals surface area contributed by atoms with Crippen LogP contribution < -0.4 is 4.74 Å². The highest BCUT2D eigenvalue weighted by molar-refractivity contribution is 7.98. The van der Waals surface area contributed by atoms with Crippen molar-refractivity contribution in [2.45, 2.75) is 17.8 Å². The molecule has 24 heavy (non-hydrogen) atoms. The van der Waals surface area contributed by atoms with E-state index in [-0.39, 0.29) is 11.6 Å². The smallest absolute Gasteiger partial charge is 0.223 e. The average molecular weight is 344 g/mol. The Morgan fingerprint density at radius 2 is 1.83 bits per heavy atom. The molecule has 0 fully saturated rings. The second-order valence-corrected chi connectivity index (χ2v) is 6.01. The Kier molecular flexibility index (Phi) is 5.05. The van der Waals surface area contributed by atoms with Crippen LogP contribution >= 0.6 is 11.8 Å². The maximum atomic E-state index is 13.7. The Hall–Kier alpha value is -2.47. The summed E-state index contributed by atoms with van der Waals surface area (Å²) in [4.78, 5) is 8.60. The van der Waals surface area contributed by atoms with E-state index in [9.17, 15) is 8.78 Å². The van der Waals surface area contributed by atoms with E-state index in [0.29, 0.717) is 33.8 Å². The molecule has 122 valence electrons. The van der Waals surface area contributed by atoms with Crippen LogP contribution in [-0.4, -0.2) is 9.97 Å². The topological polar surface area (TPSA) is 35.0 Å². The third kappa shape index (κ3) is 4.29. The Labute approximate surface area is 142 Å². The zero-order valence-corrected chi connectivity index (χ0v) is 13.7. The fourth-order valence-electron chi connectivity index (χ4n) is 2.04. The third-order valence-corrected chi connectivity index (χ3v) is 4.04. The Morgan fingerprint density at radius 1 is 1.00 bits per heavy atom. The molecule has 0 aliphatic heterocycles. The number of nitrogens with zero attached hydrogens (tertiary/aromatic N) is 2. The van der Waals surface area contributed by atoms with Gasteiger partial charge in [0.05, 0.1) is 0 Å². The van der Waals surface area contributed by atoms with Gasteiger partial charge in [0.25, 0.3) is 0 Å². The van der Waals surface area contributed by atoms with Crippen LogP contribution in [0.3, 0.4) is 0 Å². The summed E-state index contributed by atoms with van der Waals surface area (Å²) in [6, 6.07) is 14.1. The maximum Gasteiger partial charge on any atom is 0.223 e. The molecule has 0 aliphatic carbocycles. The summed E-state index contributed by atoms with van der Waals surface area (Å²) < 4.78 is 32.5. The van der Waals surface area contributed by atoms with Crippen LogP contribution in [0.1, 0.15) is 11.3 Å². The van der Waals surface area contributed by atoms with Crippen molar-refractivity contribution in [1.82, 2.24) is 9.97 Å². The molecular weight excluding hydrogens is 330 g/mol. The molecule has 3 aromatic rings. The first kappa shape index (κ1) is 16.4. The number of thioether (sulfide) groups is 1. The number of hydrogen-bond acceptors (Lipinski definition) is 4. The Morgan fingerprint density at radius 3 is 2.62 bits per heavy atom. The van der Waals surface area contributed by atoms with Gasteiger partial charge in [-0.05, 0) is 30.7 Å². The van der Waals surface area contributed by atoms with Crippen molar-refractivity contribution in [2.75, 3.05) is 0 Å². The van der Waals surface area contributed by atoms with Gasteiger partial charge in [-0.25, -0.2) is 13.8 Å². The molecule has 0 saturated carbocycles. The van der Waals surface area contributed by atoms with Crippen molar-refractivity contribution >= 4 is 11.8 Å². The summed E-state index contributed by atoms with van der Waals surface area (Å²) in [6.45, 7) is 1.81. The van der Waals surface area contributed by atoms with Crippen LogP contribution in [0.25, 0.3) is 0 Å². The molecular formula is C18H14F2N2OS. The lowest BCUT2D eigenvalue weighted by atomic mass is 10.2. The lowest BCUT2D eigenvalue weighted by molar-refractivity contribution is 0.450. The van der Waals surface area contributed by atoms with Gasteiger partial charge in [-0.15, -0.1) is 0 Å². The summed E-state index contributed by atoms with van der Waals surface area (Å²) in [6.07, 6.45) is 0. The first-order valence-electron chi connectivity index (χ1n) is 7.25. The Balaban J connectivity index is 1.75. The van der Waals surface area contributed by atoms with Crippen LogP contribution in [0.15, 0.2) is 59.8 Å². The van der Waals surface area contributed by atoms with Gasteiger partial charge in [-0.3, -0.25) is 0 Å². The quantitative estimate of drug-likeness (QED) is 0.474. The molecule has 6 heteroatoms. The zero-order valence-electron chi connectivity index (χ0n) is 12.9. The van der Waals surface area contributed by atoms with E-state index in [1.54, 1.807) is 36.4 Å². The van der Waals surface area contributed by atoms with Crippen LogP contribution in [0.4, 0.5) is 8.78 Å². The maximum absolute atomic E-state index is 13.7. The van der Waals surface area contributed by atoms with E-state index >= 15 is 0 Å². The van der Waals surface area contributed by atoms with Crippen LogP contribution in [-0.2, 0) is 5.75 Å². The molecule has 0 aliphatic rings. The number of benzene rings is 2. The van der Waals surface area contributed by atoms with Crippen LogP contribution in [0.5, 0.6) is 11.6 Å². The first-order valence-corrected chi connectivity index (χ1v) is 8.24. The van der Waals surface area contributed by atoms with Gasteiger partial charge in [0.2, 0.25) is 5.88 Å². The van der Waals surface area contributed by atoms with E-state index < -0.39 is 0 Å². The van der Waals surface area contributed by atoms with E-state index in [2.05, 4.69) is 9.97 Å². The molecule has 0 N–H and O–H groups in total. The van der Waals surface area contributed by atoms with Gasteiger partial charge in [-0.1, -0.05) is 36.0 Å². The van der Waals surface area contributed by atoms with Gasteiger partial charge in [-0.2, -0.15) is 4.98 Å². The van der Waals surface area contributed by atoms with Crippen molar-refractivity contribution in [3.63, 3.8) is 0 Å². The monoisotopic (exact) mass is 344 g/mol. The van der Waals surface area contributed by atoms with Crippen molar-refractivity contribution in [3.05, 3.63) is 77.5 Å². The highest BCUT2D eigenvalue weighted by Gasteiger charge is 2.08. The van der Waals surface area contributed by atoms with E-state index in [1.165, 1.54) is 30.0 Å². The van der Waals surface area contributed by atoms with Crippen molar-refractivity contribution in [2.24, 2.45) is 0 Å². The van der Waals surface area contributed by atoms with Crippen molar-refractivity contribution in [3.8, 4) is 11.6 Å². The molecule has 1 heterocycles. The van der Waals surface area contributed by atoms with Crippen LogP contribution in [0.2, 0.25) is 0 Å². The highest BCUT2D eigenvalue weighted by atomic mass is 32.2. The summed E-state index contributed by atoms with van der Waals surface area (Å²) in [5, 5.41) is 0.477. The predicted molar refractivity (Wildman–Crippen MR) is 89.2 cm³/mol. The van der Waals surface area contributed by atoms with Gasteiger partial charge >= 0.3 is 0 Å². The molecule has 0 spiro atoms. The van der Waals surface area contributed by atoms with E-state index in [1.807, 2.05) is 6.92 Å². The molecule has 2 aromatic carbocycles. The minimum Gasteiger partial charge on any atom is -0.439 e. The number of ether oxygens (including phenoxy) is 1. The first-order chi connectivity index (χ1) is 11.6. The van der Waals surface area contributed by atoms with E-state index in [0.717, 1.165) is 0 Å². The molecule has 0 atom stereocenters. The second-order valence-electron chi connectivity index (χ2n) is 5.07.